The summed E-state index contributed by atoms with van der Waals surface area (Å²) in [5.74, 6) is 0.0766. The van der Waals surface area contributed by atoms with Gasteiger partial charge in [-0.1, -0.05) is 12.2 Å². The van der Waals surface area contributed by atoms with Crippen molar-refractivity contribution in [2.45, 2.75) is 6.92 Å². The van der Waals surface area contributed by atoms with Crippen LogP contribution < -0.4 is 11.1 Å². The van der Waals surface area contributed by atoms with E-state index in [-0.39, 0.29) is 5.91 Å². The average molecular weight is 180 g/mol. The third-order valence-corrected chi connectivity index (χ3v) is 1.39. The molecule has 0 atom stereocenters. The Hall–Kier alpha value is -1.78. The minimum atomic E-state index is -0.229. The number of carbonyl (C=O) groups excluding carboxylic acids is 1. The summed E-state index contributed by atoms with van der Waals surface area (Å²) in [6.07, 6.45) is 0. The van der Waals surface area contributed by atoms with Crippen LogP contribution in [-0.2, 0) is 0 Å². The molecule has 0 bridgehead atoms. The first-order chi connectivity index (χ1) is 6.09. The second-order valence-corrected chi connectivity index (χ2v) is 2.85. The minimum Gasteiger partial charge on any atom is -0.382 e. The molecule has 13 heavy (non-hydrogen) atoms. The predicted octanol–water partition coefficient (Wildman–Crippen LogP) is 0.298. The van der Waals surface area contributed by atoms with Gasteiger partial charge < -0.3 is 11.1 Å². The maximum absolute atomic E-state index is 11.3. The van der Waals surface area contributed by atoms with E-state index in [1.54, 1.807) is 0 Å². The number of hydrogen-bond donors (Lipinski definition) is 3. The van der Waals surface area contributed by atoms with Crippen molar-refractivity contribution in [1.29, 1.82) is 0 Å². The highest BCUT2D eigenvalue weighted by molar-refractivity contribution is 5.92. The Morgan fingerprint density at radius 1 is 1.85 bits per heavy atom. The second-order valence-electron chi connectivity index (χ2n) is 2.85. The number of aromatic nitrogens is 2. The Morgan fingerprint density at radius 3 is 3.00 bits per heavy atom. The van der Waals surface area contributed by atoms with Gasteiger partial charge in [-0.3, -0.25) is 9.89 Å². The van der Waals surface area contributed by atoms with Crippen LogP contribution >= 0.6 is 0 Å². The van der Waals surface area contributed by atoms with E-state index >= 15 is 0 Å². The Balaban J connectivity index is 2.54. The van der Waals surface area contributed by atoms with Crippen molar-refractivity contribution in [3.8, 4) is 0 Å². The molecule has 1 heterocycles. The van der Waals surface area contributed by atoms with E-state index in [4.69, 9.17) is 5.73 Å². The molecule has 5 nitrogen and oxygen atoms in total. The van der Waals surface area contributed by atoms with E-state index in [2.05, 4.69) is 22.1 Å². The third-order valence-electron chi connectivity index (χ3n) is 1.39. The minimum absolute atomic E-state index is 0.229. The topological polar surface area (TPSA) is 83.8 Å². The second kappa shape index (κ2) is 3.75. The van der Waals surface area contributed by atoms with E-state index in [9.17, 15) is 4.79 Å². The summed E-state index contributed by atoms with van der Waals surface area (Å²) in [5, 5.41) is 8.79. The SMILES string of the molecule is C=C(C)CNC(=O)c1cc(N)n[nH]1. The third kappa shape index (κ3) is 2.62. The van der Waals surface area contributed by atoms with Crippen molar-refractivity contribution in [2.75, 3.05) is 12.3 Å². The first-order valence-electron chi connectivity index (χ1n) is 3.83. The van der Waals surface area contributed by atoms with Crippen molar-refractivity contribution in [1.82, 2.24) is 15.5 Å². The van der Waals surface area contributed by atoms with Crippen molar-refractivity contribution in [2.24, 2.45) is 0 Å². The first kappa shape index (κ1) is 9.31. The van der Waals surface area contributed by atoms with E-state index in [0.717, 1.165) is 5.57 Å². The van der Waals surface area contributed by atoms with Crippen LogP contribution in [0.5, 0.6) is 0 Å². The van der Waals surface area contributed by atoms with Crippen LogP contribution in [0.3, 0.4) is 0 Å². The van der Waals surface area contributed by atoms with Crippen molar-refractivity contribution in [3.63, 3.8) is 0 Å². The number of anilines is 1. The summed E-state index contributed by atoms with van der Waals surface area (Å²) < 4.78 is 0. The number of nitrogens with two attached hydrogens (primary N) is 1. The van der Waals surface area contributed by atoms with E-state index in [1.807, 2.05) is 6.92 Å². The van der Waals surface area contributed by atoms with Gasteiger partial charge >= 0.3 is 0 Å². The monoisotopic (exact) mass is 180 g/mol. The van der Waals surface area contributed by atoms with E-state index in [0.29, 0.717) is 18.1 Å². The van der Waals surface area contributed by atoms with Crippen LogP contribution in [0.25, 0.3) is 0 Å². The van der Waals surface area contributed by atoms with Crippen LogP contribution in [-0.4, -0.2) is 22.6 Å². The lowest BCUT2D eigenvalue weighted by Crippen LogP contribution is -2.25. The zero-order valence-electron chi connectivity index (χ0n) is 7.42. The lowest BCUT2D eigenvalue weighted by Gasteiger charge is -2.01. The molecule has 0 spiro atoms. The van der Waals surface area contributed by atoms with Gasteiger partial charge in [0.25, 0.3) is 5.91 Å². The predicted molar refractivity (Wildman–Crippen MR) is 50.1 cm³/mol. The van der Waals surface area contributed by atoms with Crippen molar-refractivity contribution < 1.29 is 4.79 Å². The molecule has 1 amide bonds. The van der Waals surface area contributed by atoms with Gasteiger partial charge in [0.05, 0.1) is 0 Å². The fraction of sp³-hybridized carbons (Fsp3) is 0.250. The fourth-order valence-corrected chi connectivity index (χ4v) is 0.780. The van der Waals surface area contributed by atoms with Gasteiger partial charge in [-0.05, 0) is 6.92 Å². The van der Waals surface area contributed by atoms with E-state index < -0.39 is 0 Å². The number of nitrogens with zero attached hydrogens (tertiary/aromatic N) is 1. The molecule has 70 valence electrons. The Bertz CT molecular complexity index is 329. The highest BCUT2D eigenvalue weighted by atomic mass is 16.1. The summed E-state index contributed by atoms with van der Waals surface area (Å²) in [4.78, 5) is 11.3. The number of hydrogen-bond acceptors (Lipinski definition) is 3. The number of nitrogen functional groups attached to an aromatic ring is 1. The summed E-state index contributed by atoms with van der Waals surface area (Å²) in [6.45, 7) is 5.95. The summed E-state index contributed by atoms with van der Waals surface area (Å²) in [5.41, 5.74) is 6.58. The number of nitrogens with one attached hydrogen (secondary N) is 2. The molecule has 4 N–H and O–H groups in total. The van der Waals surface area contributed by atoms with Crippen LogP contribution in [0.4, 0.5) is 5.82 Å². The molecule has 0 aliphatic heterocycles. The Kier molecular flexibility index (Phi) is 2.69. The summed E-state index contributed by atoms with van der Waals surface area (Å²) in [7, 11) is 0. The molecule has 5 heteroatoms. The molecule has 0 aliphatic rings. The number of H-pyrrole nitrogens is 1. The normalized spacial score (nSPS) is 9.62. The number of rotatable bonds is 3. The molecule has 0 aliphatic carbocycles. The molecule has 0 aromatic carbocycles. The molecule has 0 radical (unpaired) electrons. The lowest BCUT2D eigenvalue weighted by molar-refractivity contribution is 0.0952. The van der Waals surface area contributed by atoms with Crippen LogP contribution in [0.2, 0.25) is 0 Å². The van der Waals surface area contributed by atoms with Gasteiger partial charge in [-0.25, -0.2) is 0 Å². The fourth-order valence-electron chi connectivity index (χ4n) is 0.780. The maximum Gasteiger partial charge on any atom is 0.269 e. The molecule has 0 unspecified atom stereocenters. The van der Waals surface area contributed by atoms with Crippen molar-refractivity contribution in [3.05, 3.63) is 23.9 Å². The smallest absolute Gasteiger partial charge is 0.269 e. The van der Waals surface area contributed by atoms with Crippen LogP contribution in [0.1, 0.15) is 17.4 Å². The quantitative estimate of drug-likeness (QED) is 0.585. The van der Waals surface area contributed by atoms with E-state index in [1.165, 1.54) is 6.07 Å². The summed E-state index contributed by atoms with van der Waals surface area (Å²) in [6, 6.07) is 1.48. The van der Waals surface area contributed by atoms with Gasteiger partial charge in [-0.2, -0.15) is 5.10 Å². The van der Waals surface area contributed by atoms with Gasteiger partial charge in [-0.15, -0.1) is 0 Å². The molecule has 1 aromatic rings. The molecule has 0 saturated heterocycles. The largest absolute Gasteiger partial charge is 0.382 e. The van der Waals surface area contributed by atoms with Gasteiger partial charge in [0, 0.05) is 12.6 Å². The lowest BCUT2D eigenvalue weighted by atomic mass is 10.3. The van der Waals surface area contributed by atoms with Gasteiger partial charge in [0.2, 0.25) is 0 Å². The molecular weight excluding hydrogens is 168 g/mol. The number of amides is 1. The highest BCUT2D eigenvalue weighted by Crippen LogP contribution is 1.99. The molecule has 1 aromatic heterocycles. The number of aromatic amines is 1. The molecule has 0 fully saturated rings. The van der Waals surface area contributed by atoms with Crippen LogP contribution in [0.15, 0.2) is 18.2 Å². The standard InChI is InChI=1S/C8H12N4O/c1-5(2)4-10-8(13)6-3-7(9)12-11-6/h3H,1,4H2,2H3,(H,10,13)(H3,9,11,12). The molecule has 1 rings (SSSR count). The zero-order chi connectivity index (χ0) is 9.84. The average Bonchev–Trinajstić information content (AvgIpc) is 2.47. The maximum atomic E-state index is 11.3. The molecular formula is C8H12N4O. The first-order valence-corrected chi connectivity index (χ1v) is 3.83. The van der Waals surface area contributed by atoms with Gasteiger partial charge in [0.1, 0.15) is 11.5 Å². The van der Waals surface area contributed by atoms with Crippen LogP contribution in [0, 0.1) is 0 Å². The Labute approximate surface area is 76.0 Å². The summed E-state index contributed by atoms with van der Waals surface area (Å²) >= 11 is 0. The van der Waals surface area contributed by atoms with Crippen molar-refractivity contribution >= 4 is 11.7 Å². The number of carbonyl (C=O) groups is 1. The van der Waals surface area contributed by atoms with Gasteiger partial charge in [0.15, 0.2) is 0 Å². The Morgan fingerprint density at radius 2 is 2.54 bits per heavy atom. The highest BCUT2D eigenvalue weighted by Gasteiger charge is 2.06. The molecule has 0 saturated carbocycles. The zero-order valence-corrected chi connectivity index (χ0v) is 7.42.